The van der Waals surface area contributed by atoms with Crippen molar-refractivity contribution in [1.82, 2.24) is 0 Å². The van der Waals surface area contributed by atoms with Gasteiger partial charge in [-0.2, -0.15) is 0 Å². The molecule has 0 fully saturated rings. The fraction of sp³-hybridized carbons (Fsp3) is 0.609. The third-order valence-corrected chi connectivity index (χ3v) is 3.14. The molecule has 0 spiro atoms. The van der Waals surface area contributed by atoms with Crippen molar-refractivity contribution < 1.29 is 34.1 Å². The minimum atomic E-state index is -0.608. The number of carbonyl (C=O) groups is 3. The lowest BCUT2D eigenvalue weighted by atomic mass is 10.0. The van der Waals surface area contributed by atoms with Gasteiger partial charge in [-0.15, -0.1) is 23.2 Å². The molecular weight excluding hydrogens is 495 g/mol. The van der Waals surface area contributed by atoms with Gasteiger partial charge in [0.05, 0.1) is 17.5 Å². The molecule has 0 aromatic heterocycles. The first-order valence-corrected chi connectivity index (χ1v) is 11.0. The molecule has 0 aliphatic carbocycles. The van der Waals surface area contributed by atoms with Crippen LogP contribution in [-0.2, 0) is 23.9 Å². The van der Waals surface area contributed by atoms with E-state index in [1.54, 1.807) is 27.7 Å². The van der Waals surface area contributed by atoms with Crippen LogP contribution in [0.2, 0.25) is 0 Å². The first-order valence-electron chi connectivity index (χ1n) is 9.57. The van der Waals surface area contributed by atoms with Gasteiger partial charge in [0.2, 0.25) is 5.24 Å². The van der Waals surface area contributed by atoms with Crippen molar-refractivity contribution >= 4 is 52.0 Å². The second-order valence-electron chi connectivity index (χ2n) is 7.11. The molecule has 0 bridgehead atoms. The highest BCUT2D eigenvalue weighted by atomic mass is 35.5. The predicted octanol–water partition coefficient (Wildman–Crippen LogP) is 5.53. The van der Waals surface area contributed by atoms with E-state index in [0.717, 1.165) is 18.2 Å². The standard InChI is InChI=1S/C12H18O4.C6H14O2.C3H3ClO.CH2Cl2.CH4/c1-5-10(13)15-9-7-8-12(3,4)16-11(14)6-2;1-6(2,8)4-3-5-7;1-2-3(4)5;2-1-3;/h5-6H,1-2,7-9H2,3-4H3;7-8H,3-5H2,1-2H3;2H,1H2;1H2;1H4. The van der Waals surface area contributed by atoms with Crippen molar-refractivity contribution in [3.8, 4) is 0 Å². The highest BCUT2D eigenvalue weighted by Gasteiger charge is 2.21. The summed E-state index contributed by atoms with van der Waals surface area (Å²) in [6.07, 6.45) is 5.87. The van der Waals surface area contributed by atoms with Crippen LogP contribution in [0.3, 0.4) is 0 Å². The average molecular weight is 536 g/mol. The van der Waals surface area contributed by atoms with Crippen LogP contribution in [0.1, 0.15) is 60.8 Å². The molecule has 0 aliphatic heterocycles. The monoisotopic (exact) mass is 534 g/mol. The number of carbonyl (C=O) groups excluding carboxylic acids is 3. The molecule has 0 amide bonds. The van der Waals surface area contributed by atoms with E-state index in [4.69, 9.17) is 54.5 Å². The molecule has 0 atom stereocenters. The predicted molar refractivity (Wildman–Crippen MR) is 138 cm³/mol. The fourth-order valence-electron chi connectivity index (χ4n) is 1.61. The number of aliphatic hydroxyl groups is 2. The number of alkyl halides is 2. The van der Waals surface area contributed by atoms with Gasteiger partial charge in [-0.1, -0.05) is 27.2 Å². The lowest BCUT2D eigenvalue weighted by molar-refractivity contribution is -0.151. The number of halogens is 3. The molecule has 0 aromatic rings. The summed E-state index contributed by atoms with van der Waals surface area (Å²) in [6.45, 7) is 17.2. The van der Waals surface area contributed by atoms with Crippen LogP contribution in [0, 0.1) is 0 Å². The van der Waals surface area contributed by atoms with Crippen molar-refractivity contribution in [1.29, 1.82) is 0 Å². The summed E-state index contributed by atoms with van der Waals surface area (Å²) in [4.78, 5) is 31.2. The third kappa shape index (κ3) is 49.0. The van der Waals surface area contributed by atoms with E-state index in [9.17, 15) is 14.4 Å². The fourth-order valence-corrected chi connectivity index (χ4v) is 1.61. The van der Waals surface area contributed by atoms with E-state index in [-0.39, 0.29) is 19.4 Å². The minimum Gasteiger partial charge on any atom is -0.463 e. The summed E-state index contributed by atoms with van der Waals surface area (Å²) >= 11 is 14.2. The summed E-state index contributed by atoms with van der Waals surface area (Å²) in [5.74, 6) is -0.894. The van der Waals surface area contributed by atoms with Crippen LogP contribution in [0.5, 0.6) is 0 Å². The molecule has 0 radical (unpaired) electrons. The molecule has 7 nitrogen and oxygen atoms in total. The van der Waals surface area contributed by atoms with Gasteiger partial charge in [0.15, 0.2) is 0 Å². The van der Waals surface area contributed by atoms with Crippen molar-refractivity contribution in [3.05, 3.63) is 38.0 Å². The number of aliphatic hydroxyl groups excluding tert-OH is 1. The van der Waals surface area contributed by atoms with Crippen LogP contribution in [0.4, 0.5) is 0 Å². The van der Waals surface area contributed by atoms with E-state index < -0.39 is 28.4 Å². The molecule has 0 rings (SSSR count). The minimum absolute atomic E-state index is 0. The molecule has 0 unspecified atom stereocenters. The average Bonchev–Trinajstić information content (AvgIpc) is 2.70. The smallest absolute Gasteiger partial charge is 0.330 e. The van der Waals surface area contributed by atoms with Gasteiger partial charge >= 0.3 is 11.9 Å². The van der Waals surface area contributed by atoms with Crippen LogP contribution in [0.15, 0.2) is 38.0 Å². The van der Waals surface area contributed by atoms with Crippen LogP contribution >= 0.6 is 34.8 Å². The topological polar surface area (TPSA) is 110 Å². The summed E-state index contributed by atoms with van der Waals surface area (Å²) in [7, 11) is 0. The maximum atomic E-state index is 11.0. The third-order valence-electron chi connectivity index (χ3n) is 2.98. The number of hydrogen-bond acceptors (Lipinski definition) is 7. The molecule has 33 heavy (non-hydrogen) atoms. The van der Waals surface area contributed by atoms with Crippen LogP contribution < -0.4 is 0 Å². The van der Waals surface area contributed by atoms with Gasteiger partial charge in [0.1, 0.15) is 5.60 Å². The van der Waals surface area contributed by atoms with Gasteiger partial charge in [-0.25, -0.2) is 9.59 Å². The number of rotatable bonds is 11. The number of ether oxygens (including phenoxy) is 2. The van der Waals surface area contributed by atoms with Crippen molar-refractivity contribution in [2.45, 2.75) is 72.0 Å². The van der Waals surface area contributed by atoms with E-state index in [1.807, 2.05) is 0 Å². The van der Waals surface area contributed by atoms with Gasteiger partial charge in [0.25, 0.3) is 0 Å². The zero-order valence-electron chi connectivity index (χ0n) is 19.4. The Hall–Kier alpha value is -1.38. The first-order chi connectivity index (χ1) is 14.7. The highest BCUT2D eigenvalue weighted by molar-refractivity contribution is 6.66. The zero-order chi connectivity index (χ0) is 26.2. The molecule has 0 heterocycles. The largest absolute Gasteiger partial charge is 0.463 e. The van der Waals surface area contributed by atoms with Crippen molar-refractivity contribution in [2.75, 3.05) is 18.6 Å². The summed E-state index contributed by atoms with van der Waals surface area (Å²) in [5, 5.41) is 17.0. The second kappa shape index (κ2) is 26.9. The molecule has 196 valence electrons. The Balaban J connectivity index is -0.000000128. The van der Waals surface area contributed by atoms with Gasteiger partial charge in [0, 0.05) is 18.8 Å². The van der Waals surface area contributed by atoms with Gasteiger partial charge in [-0.3, -0.25) is 4.79 Å². The highest BCUT2D eigenvalue weighted by Crippen LogP contribution is 2.17. The van der Waals surface area contributed by atoms with Crippen LogP contribution in [0.25, 0.3) is 0 Å². The van der Waals surface area contributed by atoms with E-state index >= 15 is 0 Å². The molecule has 0 aliphatic rings. The normalized spacial score (nSPS) is 9.48. The number of allylic oxidation sites excluding steroid dienone is 1. The Kier molecular flexibility index (Phi) is 34.1. The van der Waals surface area contributed by atoms with Gasteiger partial charge in [-0.05, 0) is 71.1 Å². The molecule has 2 N–H and O–H groups in total. The summed E-state index contributed by atoms with van der Waals surface area (Å²) in [6, 6.07) is 0. The van der Waals surface area contributed by atoms with Crippen molar-refractivity contribution in [3.63, 3.8) is 0 Å². The lowest BCUT2D eigenvalue weighted by Gasteiger charge is -2.24. The van der Waals surface area contributed by atoms with Crippen molar-refractivity contribution in [2.24, 2.45) is 0 Å². The molecular formula is C23H41Cl3O7. The van der Waals surface area contributed by atoms with E-state index in [0.29, 0.717) is 32.3 Å². The Labute approximate surface area is 214 Å². The number of hydrogen-bond donors (Lipinski definition) is 2. The molecule has 10 heteroatoms. The SMILES string of the molecule is C.C=CC(=O)Cl.C=CC(=O)OCCCC(C)(C)OC(=O)C=C.CC(C)(O)CCCO.ClCCl. The zero-order valence-corrected chi connectivity index (χ0v) is 21.6. The Morgan fingerprint density at radius 2 is 1.33 bits per heavy atom. The molecule has 0 aromatic carbocycles. The Bertz CT molecular complexity index is 543. The summed E-state index contributed by atoms with van der Waals surface area (Å²) in [5.41, 5.74) is -1.19. The van der Waals surface area contributed by atoms with E-state index in [1.165, 1.54) is 0 Å². The molecule has 0 saturated carbocycles. The maximum Gasteiger partial charge on any atom is 0.330 e. The maximum absolute atomic E-state index is 11.0. The first kappa shape index (κ1) is 41.8. The Morgan fingerprint density at radius 3 is 1.61 bits per heavy atom. The summed E-state index contributed by atoms with van der Waals surface area (Å²) < 4.78 is 9.90. The van der Waals surface area contributed by atoms with Gasteiger partial charge < -0.3 is 19.7 Å². The quantitative estimate of drug-likeness (QED) is 0.118. The van der Waals surface area contributed by atoms with E-state index in [2.05, 4.69) is 19.7 Å². The van der Waals surface area contributed by atoms with Crippen LogP contribution in [-0.4, -0.2) is 57.1 Å². The number of esters is 2. The Morgan fingerprint density at radius 1 is 0.909 bits per heavy atom. The molecule has 0 saturated heterocycles. The second-order valence-corrected chi connectivity index (χ2v) is 8.29. The lowest BCUT2D eigenvalue weighted by Crippen LogP contribution is -2.27.